The Morgan fingerprint density at radius 2 is 1.75 bits per heavy atom. The van der Waals surface area contributed by atoms with Crippen LogP contribution in [0, 0.1) is 0 Å². The van der Waals surface area contributed by atoms with Gasteiger partial charge in [-0.3, -0.25) is 9.55 Å². The maximum absolute atomic E-state index is 13.6. The molecule has 0 saturated carbocycles. The van der Waals surface area contributed by atoms with Crippen molar-refractivity contribution in [2.45, 2.75) is 30.8 Å². The van der Waals surface area contributed by atoms with Crippen LogP contribution in [0.25, 0.3) is 17.1 Å². The lowest BCUT2D eigenvalue weighted by atomic mass is 10.1. The van der Waals surface area contributed by atoms with Crippen molar-refractivity contribution in [3.05, 3.63) is 65.9 Å². The predicted molar refractivity (Wildman–Crippen MR) is 133 cm³/mol. The molecular formula is C23H24ClN7O4S. The number of nitrogens with zero attached hydrogens (tertiary/aromatic N) is 7. The van der Waals surface area contributed by atoms with E-state index < -0.39 is 26.8 Å². The van der Waals surface area contributed by atoms with Gasteiger partial charge in [-0.1, -0.05) is 18.5 Å². The van der Waals surface area contributed by atoms with Crippen LogP contribution in [0.15, 0.2) is 49.2 Å². The second kappa shape index (κ2) is 10.5. The molecule has 0 N–H and O–H groups in total. The van der Waals surface area contributed by atoms with Crippen molar-refractivity contribution < 1.29 is 17.9 Å². The summed E-state index contributed by atoms with van der Waals surface area (Å²) in [5.41, 5.74) is 0.996. The van der Waals surface area contributed by atoms with E-state index in [-0.39, 0.29) is 11.7 Å². The van der Waals surface area contributed by atoms with E-state index in [1.165, 1.54) is 32.8 Å². The molecule has 11 nitrogen and oxygen atoms in total. The van der Waals surface area contributed by atoms with Crippen molar-refractivity contribution >= 4 is 21.4 Å². The molecule has 0 aliphatic carbocycles. The Kier molecular flexibility index (Phi) is 7.45. The summed E-state index contributed by atoms with van der Waals surface area (Å²) < 4.78 is 39.7. The Labute approximate surface area is 213 Å². The van der Waals surface area contributed by atoms with Crippen molar-refractivity contribution in [3.8, 4) is 28.7 Å². The normalized spacial score (nSPS) is 13.2. The number of hydrogen-bond acceptors (Lipinski definition) is 10. The summed E-state index contributed by atoms with van der Waals surface area (Å²) in [5.74, 6) is 0.609. The number of halogens is 1. The Balaban J connectivity index is 1.81. The van der Waals surface area contributed by atoms with Gasteiger partial charge in [0.2, 0.25) is 5.88 Å². The summed E-state index contributed by atoms with van der Waals surface area (Å²) >= 11 is 5.88. The quantitative estimate of drug-likeness (QED) is 0.317. The minimum Gasteiger partial charge on any atom is -0.494 e. The zero-order chi connectivity index (χ0) is 25.9. The Morgan fingerprint density at radius 1 is 1.00 bits per heavy atom. The molecule has 0 bridgehead atoms. The smallest absolute Gasteiger partial charge is 0.242 e. The van der Waals surface area contributed by atoms with Crippen LogP contribution in [0.4, 0.5) is 0 Å². The molecule has 36 heavy (non-hydrogen) atoms. The number of methoxy groups -OCH3 is 2. The van der Waals surface area contributed by atoms with E-state index in [0.717, 1.165) is 0 Å². The van der Waals surface area contributed by atoms with Gasteiger partial charge in [-0.15, -0.1) is 10.2 Å². The first-order chi connectivity index (χ1) is 17.3. The second-order valence-corrected chi connectivity index (χ2v) is 10.7. The molecule has 4 aromatic rings. The zero-order valence-corrected chi connectivity index (χ0v) is 21.6. The van der Waals surface area contributed by atoms with Crippen LogP contribution in [0.5, 0.6) is 11.6 Å². The molecule has 0 radical (unpaired) electrons. The number of aromatic nitrogens is 7. The molecule has 13 heteroatoms. The van der Waals surface area contributed by atoms with Gasteiger partial charge in [-0.25, -0.2) is 23.4 Å². The summed E-state index contributed by atoms with van der Waals surface area (Å²) in [6.45, 7) is 3.37. The highest BCUT2D eigenvalue weighted by molar-refractivity contribution is 7.91. The molecule has 0 aromatic carbocycles. The van der Waals surface area contributed by atoms with Crippen LogP contribution >= 0.6 is 11.6 Å². The lowest BCUT2D eigenvalue weighted by Gasteiger charge is -2.20. The van der Waals surface area contributed by atoms with Crippen LogP contribution in [0.3, 0.4) is 0 Å². The molecule has 4 heterocycles. The van der Waals surface area contributed by atoms with Crippen LogP contribution in [0.1, 0.15) is 31.4 Å². The molecule has 2 atom stereocenters. The Hall–Kier alpha value is -3.64. The highest BCUT2D eigenvalue weighted by Gasteiger charge is 2.33. The van der Waals surface area contributed by atoms with Crippen LogP contribution in [0.2, 0.25) is 5.02 Å². The molecule has 0 aliphatic rings. The number of hydrogen-bond donors (Lipinski definition) is 0. The SMILES string of the molecule is COc1ccnc(OC)c1-n1c(CS(=O)(=O)[C@H](C)[C@@H](C)c2ncc(Cl)cn2)nnc1-c1cccnc1. The average molecular weight is 530 g/mol. The van der Waals surface area contributed by atoms with E-state index in [0.29, 0.717) is 33.7 Å². The van der Waals surface area contributed by atoms with Gasteiger partial charge in [-0.05, 0) is 19.1 Å². The first-order valence-electron chi connectivity index (χ1n) is 10.9. The first-order valence-corrected chi connectivity index (χ1v) is 13.0. The van der Waals surface area contributed by atoms with Crippen molar-refractivity contribution in [2.24, 2.45) is 0 Å². The molecule has 188 valence electrons. The Bertz CT molecular complexity index is 1430. The topological polar surface area (TPSA) is 135 Å². The predicted octanol–water partition coefficient (Wildman–Crippen LogP) is 3.29. The third-order valence-electron chi connectivity index (χ3n) is 5.79. The summed E-state index contributed by atoms with van der Waals surface area (Å²) in [6.07, 6.45) is 7.65. The van der Waals surface area contributed by atoms with E-state index in [9.17, 15) is 8.42 Å². The summed E-state index contributed by atoms with van der Waals surface area (Å²) in [4.78, 5) is 16.8. The van der Waals surface area contributed by atoms with E-state index >= 15 is 0 Å². The number of pyridine rings is 2. The van der Waals surface area contributed by atoms with E-state index in [1.807, 2.05) is 0 Å². The maximum atomic E-state index is 13.6. The van der Waals surface area contributed by atoms with Gasteiger partial charge in [0.15, 0.2) is 27.2 Å². The first kappa shape index (κ1) is 25.5. The van der Waals surface area contributed by atoms with Gasteiger partial charge < -0.3 is 9.47 Å². The van der Waals surface area contributed by atoms with E-state index in [4.69, 9.17) is 21.1 Å². The third kappa shape index (κ3) is 5.00. The molecule has 0 saturated heterocycles. The molecule has 0 amide bonds. The van der Waals surface area contributed by atoms with Crippen LogP contribution < -0.4 is 9.47 Å². The summed E-state index contributed by atoms with van der Waals surface area (Å²) in [6, 6.07) is 5.19. The number of rotatable bonds is 9. The van der Waals surface area contributed by atoms with Crippen molar-refractivity contribution in [3.63, 3.8) is 0 Å². The van der Waals surface area contributed by atoms with Gasteiger partial charge in [-0.2, -0.15) is 0 Å². The van der Waals surface area contributed by atoms with Gasteiger partial charge in [0.25, 0.3) is 0 Å². The van der Waals surface area contributed by atoms with Crippen molar-refractivity contribution in [1.82, 2.24) is 34.7 Å². The minimum absolute atomic E-state index is 0.162. The highest BCUT2D eigenvalue weighted by atomic mass is 35.5. The lowest BCUT2D eigenvalue weighted by molar-refractivity contribution is 0.379. The molecule has 0 aliphatic heterocycles. The van der Waals surface area contributed by atoms with Crippen molar-refractivity contribution in [1.29, 1.82) is 0 Å². The minimum atomic E-state index is -3.76. The highest BCUT2D eigenvalue weighted by Crippen LogP contribution is 2.35. The van der Waals surface area contributed by atoms with Gasteiger partial charge >= 0.3 is 0 Å². The molecule has 0 spiro atoms. The molecule has 0 fully saturated rings. The fourth-order valence-electron chi connectivity index (χ4n) is 3.65. The number of sulfone groups is 1. The zero-order valence-electron chi connectivity index (χ0n) is 20.0. The second-order valence-electron chi connectivity index (χ2n) is 7.95. The number of ether oxygens (including phenoxy) is 2. The summed E-state index contributed by atoms with van der Waals surface area (Å²) in [7, 11) is -0.801. The monoisotopic (exact) mass is 529 g/mol. The van der Waals surface area contributed by atoms with Gasteiger partial charge in [0.05, 0.1) is 24.5 Å². The Morgan fingerprint density at radius 3 is 2.39 bits per heavy atom. The standard InChI is InChI=1S/C23H24ClN7O4S/c1-14(21-27-11-17(24)12-28-21)15(2)36(32,33)13-19-29-30-22(16-6-5-8-25-10-16)31(19)20-18(34-3)7-9-26-23(20)35-4/h5-12,14-15H,13H2,1-4H3/t14-,15-/m1/s1. The third-order valence-corrected chi connectivity index (χ3v) is 8.19. The average Bonchev–Trinajstić information content (AvgIpc) is 3.30. The molecule has 4 aromatic heterocycles. The molecular weight excluding hydrogens is 506 g/mol. The molecule has 0 unspecified atom stereocenters. The van der Waals surface area contributed by atoms with Crippen molar-refractivity contribution in [2.75, 3.05) is 14.2 Å². The van der Waals surface area contributed by atoms with E-state index in [2.05, 4.69) is 30.1 Å². The maximum Gasteiger partial charge on any atom is 0.242 e. The van der Waals surface area contributed by atoms with Crippen LogP contribution in [-0.4, -0.2) is 62.6 Å². The lowest BCUT2D eigenvalue weighted by Crippen LogP contribution is -2.27. The summed E-state index contributed by atoms with van der Waals surface area (Å²) in [5, 5.41) is 8.09. The van der Waals surface area contributed by atoms with E-state index in [1.54, 1.807) is 49.0 Å². The van der Waals surface area contributed by atoms with Crippen LogP contribution in [-0.2, 0) is 15.6 Å². The fraction of sp³-hybridized carbons (Fsp3) is 0.304. The van der Waals surface area contributed by atoms with Gasteiger partial charge in [0.1, 0.15) is 17.3 Å². The molecule has 4 rings (SSSR count). The largest absolute Gasteiger partial charge is 0.494 e. The van der Waals surface area contributed by atoms with Gasteiger partial charge in [0, 0.05) is 48.5 Å². The fourth-order valence-corrected chi connectivity index (χ4v) is 5.31.